The highest BCUT2D eigenvalue weighted by atomic mass is 16.2. The van der Waals surface area contributed by atoms with Crippen molar-refractivity contribution in [2.24, 2.45) is 34.0 Å². The van der Waals surface area contributed by atoms with Crippen LogP contribution in [0.15, 0.2) is 0 Å². The smallest absolute Gasteiger partial charge is 0.246 e. The van der Waals surface area contributed by atoms with E-state index in [0.29, 0.717) is 19.4 Å². The van der Waals surface area contributed by atoms with E-state index < -0.39 is 23.5 Å². The number of likely N-dealkylation sites (tertiary alicyclic amines) is 1. The fourth-order valence-electron chi connectivity index (χ4n) is 6.61. The summed E-state index contributed by atoms with van der Waals surface area (Å²) in [4.78, 5) is 53.3. The maximum absolute atomic E-state index is 13.6. The summed E-state index contributed by atoms with van der Waals surface area (Å²) < 4.78 is 0. The van der Waals surface area contributed by atoms with Crippen LogP contribution in [0.4, 0.5) is 0 Å². The van der Waals surface area contributed by atoms with Crippen molar-refractivity contribution in [2.45, 2.75) is 98.2 Å². The zero-order valence-electron chi connectivity index (χ0n) is 21.9. The van der Waals surface area contributed by atoms with Crippen LogP contribution in [0.25, 0.3) is 0 Å². The number of amides is 3. The van der Waals surface area contributed by atoms with Gasteiger partial charge in [-0.25, -0.2) is 0 Å². The Hall–Kier alpha value is -2.43. The normalized spacial score (nSPS) is 31.7. The maximum atomic E-state index is 13.6. The molecule has 0 bridgehead atoms. The first-order valence-electron chi connectivity index (χ1n) is 13.0. The Morgan fingerprint density at radius 2 is 1.83 bits per heavy atom. The Balaban J connectivity index is 1.47. The monoisotopic (exact) mass is 484 g/mol. The van der Waals surface area contributed by atoms with E-state index in [1.54, 1.807) is 4.90 Å². The zero-order valence-corrected chi connectivity index (χ0v) is 21.9. The Morgan fingerprint density at radius 3 is 2.34 bits per heavy atom. The van der Waals surface area contributed by atoms with Gasteiger partial charge in [-0.3, -0.25) is 19.2 Å². The van der Waals surface area contributed by atoms with Gasteiger partial charge in [-0.15, -0.1) is 0 Å². The number of fused-ring (bicyclic) bond motifs is 1. The Kier molecular flexibility index (Phi) is 6.30. The summed E-state index contributed by atoms with van der Waals surface area (Å²) in [5.41, 5.74) is -0.362. The van der Waals surface area contributed by atoms with Crippen molar-refractivity contribution in [3.05, 3.63) is 0 Å². The van der Waals surface area contributed by atoms with Crippen molar-refractivity contribution in [3.63, 3.8) is 0 Å². The van der Waals surface area contributed by atoms with Gasteiger partial charge >= 0.3 is 0 Å². The Labute approximate surface area is 208 Å². The van der Waals surface area contributed by atoms with E-state index >= 15 is 0 Å². The highest BCUT2D eigenvalue weighted by Crippen LogP contribution is 2.65. The van der Waals surface area contributed by atoms with E-state index in [9.17, 15) is 24.4 Å². The van der Waals surface area contributed by atoms with Crippen LogP contribution in [0.3, 0.4) is 0 Å². The summed E-state index contributed by atoms with van der Waals surface area (Å²) in [5, 5.41) is 15.4. The van der Waals surface area contributed by atoms with Gasteiger partial charge in [0.15, 0.2) is 0 Å². The molecule has 1 heterocycles. The van der Waals surface area contributed by atoms with E-state index in [-0.39, 0.29) is 52.1 Å². The highest BCUT2D eigenvalue weighted by molar-refractivity contribution is 5.94. The summed E-state index contributed by atoms with van der Waals surface area (Å²) in [6, 6.07) is -0.0238. The largest absolute Gasteiger partial charge is 0.344 e. The number of nitrogens with zero attached hydrogens (tertiary/aromatic N) is 2. The average molecular weight is 485 g/mol. The second-order valence-electron chi connectivity index (χ2n) is 13.2. The van der Waals surface area contributed by atoms with Gasteiger partial charge in [0.2, 0.25) is 17.7 Å². The molecule has 1 spiro atoms. The minimum Gasteiger partial charge on any atom is -0.344 e. The van der Waals surface area contributed by atoms with Gasteiger partial charge in [0, 0.05) is 25.8 Å². The van der Waals surface area contributed by atoms with Crippen molar-refractivity contribution >= 4 is 23.5 Å². The number of Topliss-reactive ketones (excluding diaryl/α,β-unsaturated/α-hetero) is 1. The van der Waals surface area contributed by atoms with Crippen LogP contribution in [0.2, 0.25) is 0 Å². The third kappa shape index (κ3) is 4.83. The molecule has 4 aliphatic rings. The third-order valence-electron chi connectivity index (χ3n) is 9.20. The van der Waals surface area contributed by atoms with Crippen LogP contribution >= 0.6 is 0 Å². The molecule has 0 unspecified atom stereocenters. The zero-order chi connectivity index (χ0) is 25.9. The van der Waals surface area contributed by atoms with Crippen LogP contribution in [0, 0.1) is 45.3 Å². The minimum atomic E-state index is -0.767. The molecule has 0 radical (unpaired) electrons. The molecule has 4 fully saturated rings. The molecule has 8 nitrogen and oxygen atoms in total. The van der Waals surface area contributed by atoms with Crippen LogP contribution in [0.1, 0.15) is 80.1 Å². The lowest BCUT2D eigenvalue weighted by atomic mass is 9.76. The summed E-state index contributed by atoms with van der Waals surface area (Å²) >= 11 is 0. The predicted octanol–water partition coefficient (Wildman–Crippen LogP) is 2.57. The van der Waals surface area contributed by atoms with Crippen molar-refractivity contribution in [3.8, 4) is 6.07 Å². The third-order valence-corrected chi connectivity index (χ3v) is 9.20. The number of carbonyl (C=O) groups is 4. The van der Waals surface area contributed by atoms with Gasteiger partial charge in [0.05, 0.1) is 6.07 Å². The van der Waals surface area contributed by atoms with Crippen molar-refractivity contribution in [1.29, 1.82) is 5.26 Å². The fraction of sp³-hybridized carbons (Fsp3) is 0.815. The number of piperidine rings is 1. The van der Waals surface area contributed by atoms with Gasteiger partial charge in [-0.1, -0.05) is 34.6 Å². The lowest BCUT2D eigenvalue weighted by Crippen LogP contribution is -2.59. The molecule has 3 saturated carbocycles. The van der Waals surface area contributed by atoms with Crippen LogP contribution < -0.4 is 10.6 Å². The molecule has 0 aromatic heterocycles. The summed E-state index contributed by atoms with van der Waals surface area (Å²) in [7, 11) is 0. The first kappa shape index (κ1) is 25.7. The maximum Gasteiger partial charge on any atom is 0.246 e. The molecule has 1 saturated heterocycles. The lowest BCUT2D eigenvalue weighted by molar-refractivity contribution is -0.145. The molecular weight excluding hydrogens is 444 g/mol. The standard InChI is InChI=1S/C27H40N4O4/c1-15(32)29-22(25(2,3)4)24(35)31-14-18-20(26(18,5)6)21(31)23(34)30-17(13-28)11-16-7-8-27(9-10-27)12-19(16)33/h16-18,20-22H,7-12,14H2,1-6H3,(H,29,32)(H,30,34)/t16-,17-,18-,20-,21-,22+/m0/s1. The molecule has 35 heavy (non-hydrogen) atoms. The topological polar surface area (TPSA) is 119 Å². The fourth-order valence-corrected chi connectivity index (χ4v) is 6.61. The van der Waals surface area contributed by atoms with Crippen molar-refractivity contribution in [2.75, 3.05) is 6.54 Å². The molecule has 0 aromatic rings. The van der Waals surface area contributed by atoms with E-state index in [1.807, 2.05) is 20.8 Å². The Morgan fingerprint density at radius 1 is 1.17 bits per heavy atom. The van der Waals surface area contributed by atoms with Crippen LogP contribution in [0.5, 0.6) is 0 Å². The van der Waals surface area contributed by atoms with Crippen molar-refractivity contribution in [1.82, 2.24) is 15.5 Å². The number of nitrogens with one attached hydrogen (secondary N) is 2. The molecule has 6 atom stereocenters. The Bertz CT molecular complexity index is 971. The molecule has 192 valence electrons. The molecule has 3 amide bonds. The molecule has 8 heteroatoms. The number of rotatable bonds is 6. The number of ketones is 1. The number of nitriles is 1. The molecular formula is C27H40N4O4. The predicted molar refractivity (Wildman–Crippen MR) is 129 cm³/mol. The first-order valence-corrected chi connectivity index (χ1v) is 13.0. The number of hydrogen-bond donors (Lipinski definition) is 2. The van der Waals surface area contributed by atoms with Crippen LogP contribution in [-0.4, -0.2) is 53.1 Å². The quantitative estimate of drug-likeness (QED) is 0.600. The summed E-state index contributed by atoms with van der Waals surface area (Å²) in [6.07, 6.45) is 4.98. The average Bonchev–Trinajstić information content (AvgIpc) is 3.53. The molecule has 2 N–H and O–H groups in total. The van der Waals surface area contributed by atoms with E-state index in [1.165, 1.54) is 6.92 Å². The first-order chi connectivity index (χ1) is 16.2. The summed E-state index contributed by atoms with van der Waals surface area (Å²) in [5.74, 6) is -0.652. The second-order valence-corrected chi connectivity index (χ2v) is 13.2. The molecule has 3 aliphatic carbocycles. The minimum absolute atomic E-state index is 0.00905. The van der Waals surface area contributed by atoms with Crippen molar-refractivity contribution < 1.29 is 19.2 Å². The molecule has 4 rings (SSSR count). The van der Waals surface area contributed by atoms with Gasteiger partial charge in [-0.05, 0) is 60.2 Å². The van der Waals surface area contributed by atoms with Gasteiger partial charge in [-0.2, -0.15) is 5.26 Å². The number of carbonyl (C=O) groups excluding carboxylic acids is 4. The van der Waals surface area contributed by atoms with Gasteiger partial charge < -0.3 is 15.5 Å². The van der Waals surface area contributed by atoms with Gasteiger partial charge in [0.1, 0.15) is 23.9 Å². The molecule has 0 aromatic carbocycles. The SMILES string of the molecule is CC(=O)N[C@H](C(=O)N1C[C@H]2[C@@H]([C@H]1C(=O)N[C@H](C#N)C[C@@H]1CCC3(CC3)CC1=O)C2(C)C)C(C)(C)C. The second kappa shape index (κ2) is 8.60. The highest BCUT2D eigenvalue weighted by Gasteiger charge is 2.69. The van der Waals surface area contributed by atoms with E-state index in [4.69, 9.17) is 0 Å². The van der Waals surface area contributed by atoms with Crippen LogP contribution in [-0.2, 0) is 19.2 Å². The molecule has 1 aliphatic heterocycles. The lowest BCUT2D eigenvalue weighted by Gasteiger charge is -2.37. The van der Waals surface area contributed by atoms with E-state index in [0.717, 1.165) is 25.7 Å². The number of hydrogen-bond acceptors (Lipinski definition) is 5. The van der Waals surface area contributed by atoms with E-state index in [2.05, 4.69) is 30.6 Å². The van der Waals surface area contributed by atoms with Gasteiger partial charge in [0.25, 0.3) is 0 Å². The summed E-state index contributed by atoms with van der Waals surface area (Å²) in [6.45, 7) is 11.7.